The summed E-state index contributed by atoms with van der Waals surface area (Å²) in [5, 5.41) is 3.87. The summed E-state index contributed by atoms with van der Waals surface area (Å²) >= 11 is 0. The highest BCUT2D eigenvalue weighted by Crippen LogP contribution is 2.20. The number of rotatable bonds is 1. The molecule has 5 nitrogen and oxygen atoms in total. The fourth-order valence-electron chi connectivity index (χ4n) is 1.55. The number of carbonyl (C=O) groups excluding carboxylic acids is 2. The van der Waals surface area contributed by atoms with E-state index in [2.05, 4.69) is 17.5 Å². The predicted molar refractivity (Wildman–Crippen MR) is 52.4 cm³/mol. The van der Waals surface area contributed by atoms with Crippen LogP contribution in [0, 0.1) is 5.92 Å². The molecule has 0 aromatic heterocycles. The van der Waals surface area contributed by atoms with Crippen molar-refractivity contribution in [3.8, 4) is 0 Å². The molecule has 0 bridgehead atoms. The molecule has 0 spiro atoms. The van der Waals surface area contributed by atoms with E-state index in [-0.39, 0.29) is 0 Å². The summed E-state index contributed by atoms with van der Waals surface area (Å²) in [5.41, 5.74) is 7.85. The third-order valence-corrected chi connectivity index (χ3v) is 2.29. The number of carbonyl (C=O) groups is 2. The molecule has 1 aliphatic rings. The summed E-state index contributed by atoms with van der Waals surface area (Å²) in [7, 11) is 0. The van der Waals surface area contributed by atoms with Crippen molar-refractivity contribution in [1.29, 1.82) is 0 Å². The van der Waals surface area contributed by atoms with Crippen LogP contribution in [0.2, 0.25) is 0 Å². The largest absolute Gasteiger partial charge is 0.361 e. The molecule has 3 N–H and O–H groups in total. The summed E-state index contributed by atoms with van der Waals surface area (Å²) in [6.07, 6.45) is 4.07. The summed E-state index contributed by atoms with van der Waals surface area (Å²) < 4.78 is 0. The number of nitrogens with two attached hydrogens (primary N) is 1. The molecule has 0 unspecified atom stereocenters. The Hall–Kier alpha value is -1.39. The van der Waals surface area contributed by atoms with Crippen molar-refractivity contribution in [3.05, 3.63) is 0 Å². The topological polar surface area (TPSA) is 84.6 Å². The van der Waals surface area contributed by atoms with Gasteiger partial charge in [-0.05, 0) is 31.6 Å². The molecule has 0 saturated heterocycles. The first-order valence-electron chi connectivity index (χ1n) is 4.75. The number of hydrogen-bond acceptors (Lipinski definition) is 3. The molecule has 1 atom stereocenters. The van der Waals surface area contributed by atoms with Crippen molar-refractivity contribution in [2.45, 2.75) is 32.6 Å². The van der Waals surface area contributed by atoms with Gasteiger partial charge in [-0.2, -0.15) is 5.10 Å². The molecule has 1 rings (SSSR count). The average Bonchev–Trinajstić information content (AvgIpc) is 2.14. The lowest BCUT2D eigenvalue weighted by Gasteiger charge is -2.18. The molecule has 0 aromatic rings. The molecular formula is C9H15N3O2. The van der Waals surface area contributed by atoms with E-state index in [1.807, 2.05) is 0 Å². The van der Waals surface area contributed by atoms with Crippen molar-refractivity contribution >= 4 is 17.5 Å². The van der Waals surface area contributed by atoms with Crippen LogP contribution in [-0.2, 0) is 9.59 Å². The quantitative estimate of drug-likeness (QED) is 0.463. The Bertz CT molecular complexity index is 273. The molecule has 2 amide bonds. The van der Waals surface area contributed by atoms with Gasteiger partial charge in [-0.15, -0.1) is 0 Å². The predicted octanol–water partition coefficient (Wildman–Crippen LogP) is 0.154. The first kappa shape index (κ1) is 10.7. The molecule has 0 aromatic carbocycles. The summed E-state index contributed by atoms with van der Waals surface area (Å²) in [4.78, 5) is 21.2. The van der Waals surface area contributed by atoms with Gasteiger partial charge in [0.1, 0.15) is 0 Å². The van der Waals surface area contributed by atoms with Gasteiger partial charge >= 0.3 is 11.8 Å². The molecule has 1 saturated carbocycles. The Morgan fingerprint density at radius 2 is 2.29 bits per heavy atom. The number of amides is 2. The van der Waals surface area contributed by atoms with Crippen LogP contribution in [-0.4, -0.2) is 17.5 Å². The first-order valence-corrected chi connectivity index (χ1v) is 4.75. The zero-order valence-electron chi connectivity index (χ0n) is 8.25. The molecule has 0 aliphatic heterocycles. The van der Waals surface area contributed by atoms with Gasteiger partial charge in [-0.3, -0.25) is 9.59 Å². The molecule has 5 heteroatoms. The molecule has 0 heterocycles. The van der Waals surface area contributed by atoms with E-state index >= 15 is 0 Å². The van der Waals surface area contributed by atoms with Crippen molar-refractivity contribution in [2.24, 2.45) is 16.8 Å². The zero-order valence-corrected chi connectivity index (χ0v) is 8.25. The van der Waals surface area contributed by atoms with Crippen LogP contribution in [0.25, 0.3) is 0 Å². The molecule has 1 fully saturated rings. The Kier molecular flexibility index (Phi) is 3.62. The van der Waals surface area contributed by atoms with E-state index < -0.39 is 11.8 Å². The maximum absolute atomic E-state index is 10.8. The lowest BCUT2D eigenvalue weighted by Crippen LogP contribution is -2.33. The highest BCUT2D eigenvalue weighted by Gasteiger charge is 2.14. The van der Waals surface area contributed by atoms with Crippen molar-refractivity contribution in [3.63, 3.8) is 0 Å². The average molecular weight is 197 g/mol. The van der Waals surface area contributed by atoms with E-state index in [1.54, 1.807) is 0 Å². The lowest BCUT2D eigenvalue weighted by molar-refractivity contribution is -0.137. The Labute approximate surface area is 82.7 Å². The minimum absolute atomic E-state index is 0.605. The van der Waals surface area contributed by atoms with Gasteiger partial charge < -0.3 is 5.73 Å². The van der Waals surface area contributed by atoms with Gasteiger partial charge in [0, 0.05) is 5.71 Å². The van der Waals surface area contributed by atoms with Crippen LogP contribution in [0.5, 0.6) is 0 Å². The van der Waals surface area contributed by atoms with E-state index in [4.69, 9.17) is 5.73 Å². The number of nitrogens with zero attached hydrogens (tertiary/aromatic N) is 1. The van der Waals surface area contributed by atoms with Crippen LogP contribution < -0.4 is 11.2 Å². The minimum Gasteiger partial charge on any atom is -0.361 e. The molecule has 1 aliphatic carbocycles. The first-order chi connectivity index (χ1) is 6.59. The Morgan fingerprint density at radius 3 is 2.86 bits per heavy atom. The van der Waals surface area contributed by atoms with Gasteiger partial charge in [0.15, 0.2) is 0 Å². The third-order valence-electron chi connectivity index (χ3n) is 2.29. The van der Waals surface area contributed by atoms with Gasteiger partial charge in [-0.1, -0.05) is 6.92 Å². The van der Waals surface area contributed by atoms with E-state index in [9.17, 15) is 9.59 Å². The highest BCUT2D eigenvalue weighted by atomic mass is 16.2. The minimum atomic E-state index is -1.00. The van der Waals surface area contributed by atoms with Gasteiger partial charge in [-0.25, -0.2) is 5.43 Å². The molecule has 0 radical (unpaired) electrons. The highest BCUT2D eigenvalue weighted by molar-refractivity contribution is 6.34. The smallest absolute Gasteiger partial charge is 0.329 e. The Morgan fingerprint density at radius 1 is 1.57 bits per heavy atom. The van der Waals surface area contributed by atoms with Crippen LogP contribution in [0.4, 0.5) is 0 Å². The van der Waals surface area contributed by atoms with Crippen LogP contribution in [0.15, 0.2) is 5.10 Å². The molecule has 14 heavy (non-hydrogen) atoms. The number of nitrogens with one attached hydrogen (secondary N) is 1. The maximum atomic E-state index is 10.8. The van der Waals surface area contributed by atoms with Gasteiger partial charge in [0.2, 0.25) is 0 Å². The SMILES string of the molecule is C[C@H]1CCC/C(=N/NC(=O)C(N)=O)C1. The van der Waals surface area contributed by atoms with Crippen LogP contribution in [0.1, 0.15) is 32.6 Å². The normalized spacial score (nSPS) is 24.6. The van der Waals surface area contributed by atoms with Crippen molar-refractivity contribution in [2.75, 3.05) is 0 Å². The fraction of sp³-hybridized carbons (Fsp3) is 0.667. The van der Waals surface area contributed by atoms with Gasteiger partial charge in [0.25, 0.3) is 0 Å². The fourth-order valence-corrected chi connectivity index (χ4v) is 1.55. The van der Waals surface area contributed by atoms with E-state index in [0.717, 1.165) is 25.0 Å². The number of hydrogen-bond donors (Lipinski definition) is 2. The zero-order chi connectivity index (χ0) is 10.6. The van der Waals surface area contributed by atoms with Crippen molar-refractivity contribution < 1.29 is 9.59 Å². The molecular weight excluding hydrogens is 182 g/mol. The second-order valence-electron chi connectivity index (χ2n) is 3.68. The number of primary amides is 1. The Balaban J connectivity index is 2.43. The summed E-state index contributed by atoms with van der Waals surface area (Å²) in [5.74, 6) is -1.25. The second kappa shape index (κ2) is 4.74. The summed E-state index contributed by atoms with van der Waals surface area (Å²) in [6.45, 7) is 2.14. The maximum Gasteiger partial charge on any atom is 0.329 e. The van der Waals surface area contributed by atoms with Crippen LogP contribution in [0.3, 0.4) is 0 Å². The standard InChI is InChI=1S/C9H15N3O2/c1-6-3-2-4-7(5-6)11-12-9(14)8(10)13/h6H,2-5H2,1H3,(H2,10,13)(H,12,14)/b11-7-/t6-/m0/s1. The van der Waals surface area contributed by atoms with Crippen LogP contribution >= 0.6 is 0 Å². The van der Waals surface area contributed by atoms with E-state index in [0.29, 0.717) is 5.92 Å². The summed E-state index contributed by atoms with van der Waals surface area (Å²) in [6, 6.07) is 0. The number of hydrazone groups is 1. The van der Waals surface area contributed by atoms with Gasteiger partial charge in [0.05, 0.1) is 0 Å². The van der Waals surface area contributed by atoms with E-state index in [1.165, 1.54) is 6.42 Å². The monoisotopic (exact) mass is 197 g/mol. The third kappa shape index (κ3) is 3.16. The lowest BCUT2D eigenvalue weighted by atomic mass is 9.89. The molecule has 78 valence electrons. The van der Waals surface area contributed by atoms with Crippen molar-refractivity contribution in [1.82, 2.24) is 5.43 Å². The second-order valence-corrected chi connectivity index (χ2v) is 3.68.